The van der Waals surface area contributed by atoms with Crippen molar-refractivity contribution < 1.29 is 15.0 Å². The third-order valence-corrected chi connectivity index (χ3v) is 3.84. The zero-order valence-corrected chi connectivity index (χ0v) is 13.3. The Hall–Kier alpha value is -0.830. The lowest BCUT2D eigenvalue weighted by atomic mass is 9.74. The van der Waals surface area contributed by atoms with Gasteiger partial charge in [-0.15, -0.1) is 0 Å². The summed E-state index contributed by atoms with van der Waals surface area (Å²) >= 11 is 0. The van der Waals surface area contributed by atoms with Crippen LogP contribution in [0.25, 0.3) is 0 Å². The van der Waals surface area contributed by atoms with E-state index in [1.54, 1.807) is 0 Å². The summed E-state index contributed by atoms with van der Waals surface area (Å²) in [5.74, 6) is -0.743. The van der Waals surface area contributed by atoms with Gasteiger partial charge in [-0.05, 0) is 49.5 Å². The lowest BCUT2D eigenvalue weighted by Crippen LogP contribution is -2.25. The van der Waals surface area contributed by atoms with Crippen molar-refractivity contribution in [1.82, 2.24) is 0 Å². The molecule has 1 atom stereocenters. The fourth-order valence-corrected chi connectivity index (χ4v) is 2.15. The van der Waals surface area contributed by atoms with Gasteiger partial charge in [0.15, 0.2) is 0 Å². The lowest BCUT2D eigenvalue weighted by molar-refractivity contribution is -0.139. The number of allylic oxidation sites excluding steroid dienone is 1. The fourth-order valence-electron chi connectivity index (χ4n) is 2.15. The van der Waals surface area contributed by atoms with Crippen LogP contribution < -0.4 is 0 Å². The van der Waals surface area contributed by atoms with Crippen LogP contribution in [-0.2, 0) is 4.79 Å². The highest BCUT2D eigenvalue weighted by Gasteiger charge is 2.28. The molecular weight excluding hydrogens is 240 g/mol. The molecule has 0 heterocycles. The van der Waals surface area contributed by atoms with E-state index < -0.39 is 12.1 Å². The molecule has 3 nitrogen and oxygen atoms in total. The zero-order valence-electron chi connectivity index (χ0n) is 13.3. The van der Waals surface area contributed by atoms with Crippen LogP contribution in [0.1, 0.15) is 67.2 Å². The van der Waals surface area contributed by atoms with Crippen LogP contribution >= 0.6 is 0 Å². The van der Waals surface area contributed by atoms with Crippen molar-refractivity contribution >= 4 is 5.97 Å². The third kappa shape index (κ3) is 8.04. The van der Waals surface area contributed by atoms with Crippen molar-refractivity contribution in [2.45, 2.75) is 73.3 Å². The molecule has 0 aliphatic carbocycles. The van der Waals surface area contributed by atoms with Gasteiger partial charge >= 0.3 is 5.97 Å². The Morgan fingerprint density at radius 2 is 1.63 bits per heavy atom. The molecule has 0 spiro atoms. The van der Waals surface area contributed by atoms with Crippen LogP contribution in [0, 0.1) is 10.8 Å². The van der Waals surface area contributed by atoms with E-state index >= 15 is 0 Å². The summed E-state index contributed by atoms with van der Waals surface area (Å²) in [4.78, 5) is 10.8. The van der Waals surface area contributed by atoms with Gasteiger partial charge in [0.2, 0.25) is 0 Å². The molecule has 0 rings (SSSR count). The topological polar surface area (TPSA) is 57.5 Å². The molecule has 19 heavy (non-hydrogen) atoms. The smallest absolute Gasteiger partial charge is 0.303 e. The first-order chi connectivity index (χ1) is 8.49. The first-order valence-electron chi connectivity index (χ1n) is 7.02. The van der Waals surface area contributed by atoms with Crippen molar-refractivity contribution in [3.05, 3.63) is 11.6 Å². The van der Waals surface area contributed by atoms with Gasteiger partial charge in [-0.1, -0.05) is 33.8 Å². The minimum Gasteiger partial charge on any atom is -0.481 e. The number of aliphatic hydroxyl groups excluding tert-OH is 1. The number of hydrogen-bond acceptors (Lipinski definition) is 2. The number of carboxylic acids is 1. The van der Waals surface area contributed by atoms with Gasteiger partial charge in [0.25, 0.3) is 0 Å². The summed E-state index contributed by atoms with van der Waals surface area (Å²) in [6.45, 7) is 12.1. The Balaban J connectivity index is 4.41. The highest BCUT2D eigenvalue weighted by molar-refractivity contribution is 5.67. The Kier molecular flexibility index (Phi) is 6.78. The molecule has 0 aromatic heterocycles. The zero-order chi connectivity index (χ0) is 15.3. The molecule has 0 aliphatic heterocycles. The molecule has 0 aliphatic rings. The van der Waals surface area contributed by atoms with Crippen molar-refractivity contribution in [3.8, 4) is 0 Å². The molecule has 2 N–H and O–H groups in total. The number of aliphatic carboxylic acids is 1. The minimum absolute atomic E-state index is 0.0134. The maximum atomic E-state index is 10.8. The first-order valence-corrected chi connectivity index (χ1v) is 7.02. The summed E-state index contributed by atoms with van der Waals surface area (Å²) in [6, 6.07) is 0. The maximum Gasteiger partial charge on any atom is 0.303 e. The molecule has 1 unspecified atom stereocenters. The van der Waals surface area contributed by atoms with Crippen molar-refractivity contribution in [2.75, 3.05) is 0 Å². The van der Waals surface area contributed by atoms with Crippen molar-refractivity contribution in [1.29, 1.82) is 0 Å². The van der Waals surface area contributed by atoms with Crippen LogP contribution in [0.2, 0.25) is 0 Å². The number of carbonyl (C=O) groups is 1. The number of carboxylic acid groups (broad SMARTS) is 1. The second-order valence-electron chi connectivity index (χ2n) is 7.15. The number of hydrogen-bond donors (Lipinski definition) is 2. The molecule has 0 bridgehead atoms. The summed E-state index contributed by atoms with van der Waals surface area (Å²) in [6.07, 6.45) is 4.22. The van der Waals surface area contributed by atoms with E-state index in [-0.39, 0.29) is 17.3 Å². The predicted octanol–water partition coefficient (Wildman–Crippen LogP) is 4.01. The maximum absolute atomic E-state index is 10.8. The van der Waals surface area contributed by atoms with Gasteiger partial charge in [-0.3, -0.25) is 4.79 Å². The van der Waals surface area contributed by atoms with E-state index in [1.807, 2.05) is 33.8 Å². The van der Waals surface area contributed by atoms with Gasteiger partial charge in [-0.2, -0.15) is 0 Å². The fraction of sp³-hybridized carbons (Fsp3) is 0.812. The van der Waals surface area contributed by atoms with Crippen LogP contribution in [0.5, 0.6) is 0 Å². The highest BCUT2D eigenvalue weighted by Crippen LogP contribution is 2.36. The van der Waals surface area contributed by atoms with E-state index in [4.69, 9.17) is 5.11 Å². The molecule has 0 aromatic carbocycles. The molecule has 0 radical (unpaired) electrons. The van der Waals surface area contributed by atoms with E-state index in [9.17, 15) is 9.90 Å². The standard InChI is InChI=1S/C16H30O3/c1-7-12(2)13(17)10-15(3,4)8-9-16(5,6)11-14(18)19/h7,13,17H,8-11H2,1-6H3,(H,18,19). The normalized spacial score (nSPS) is 15.4. The second-order valence-corrected chi connectivity index (χ2v) is 7.15. The van der Waals surface area contributed by atoms with Gasteiger partial charge in [0.05, 0.1) is 12.5 Å². The quantitative estimate of drug-likeness (QED) is 0.655. The molecule has 0 saturated carbocycles. The first kappa shape index (κ1) is 18.2. The number of aliphatic hydroxyl groups is 1. The van der Waals surface area contributed by atoms with Crippen LogP contribution in [0.15, 0.2) is 11.6 Å². The van der Waals surface area contributed by atoms with E-state index in [2.05, 4.69) is 13.8 Å². The Morgan fingerprint density at radius 1 is 1.16 bits per heavy atom. The van der Waals surface area contributed by atoms with Crippen molar-refractivity contribution in [2.24, 2.45) is 10.8 Å². The third-order valence-electron chi connectivity index (χ3n) is 3.84. The number of rotatable bonds is 8. The Morgan fingerprint density at radius 3 is 2.05 bits per heavy atom. The van der Waals surface area contributed by atoms with Gasteiger partial charge in [0, 0.05) is 0 Å². The molecule has 112 valence electrons. The predicted molar refractivity (Wildman–Crippen MR) is 79.1 cm³/mol. The summed E-state index contributed by atoms with van der Waals surface area (Å²) in [5, 5.41) is 18.9. The van der Waals surface area contributed by atoms with E-state index in [0.29, 0.717) is 6.42 Å². The average Bonchev–Trinajstić information content (AvgIpc) is 2.23. The monoisotopic (exact) mass is 270 g/mol. The average molecular weight is 270 g/mol. The molecule has 0 aromatic rings. The lowest BCUT2D eigenvalue weighted by Gasteiger charge is -2.32. The molecule has 0 saturated heterocycles. The van der Waals surface area contributed by atoms with Gasteiger partial charge in [0.1, 0.15) is 0 Å². The van der Waals surface area contributed by atoms with E-state index in [1.165, 1.54) is 0 Å². The summed E-state index contributed by atoms with van der Waals surface area (Å²) < 4.78 is 0. The minimum atomic E-state index is -0.743. The van der Waals surface area contributed by atoms with Gasteiger partial charge in [-0.25, -0.2) is 0 Å². The van der Waals surface area contributed by atoms with Crippen LogP contribution in [0.3, 0.4) is 0 Å². The molecular formula is C16H30O3. The highest BCUT2D eigenvalue weighted by atomic mass is 16.4. The summed E-state index contributed by atoms with van der Waals surface area (Å²) in [5.41, 5.74) is 0.821. The molecule has 0 fully saturated rings. The van der Waals surface area contributed by atoms with Crippen LogP contribution in [-0.4, -0.2) is 22.3 Å². The molecule has 0 amide bonds. The van der Waals surface area contributed by atoms with Crippen LogP contribution in [0.4, 0.5) is 0 Å². The van der Waals surface area contributed by atoms with Crippen molar-refractivity contribution in [3.63, 3.8) is 0 Å². The Bertz CT molecular complexity index is 327. The van der Waals surface area contributed by atoms with E-state index in [0.717, 1.165) is 18.4 Å². The SMILES string of the molecule is CC=C(C)C(O)CC(C)(C)CCC(C)(C)CC(=O)O. The summed E-state index contributed by atoms with van der Waals surface area (Å²) in [7, 11) is 0. The molecule has 3 heteroatoms. The largest absolute Gasteiger partial charge is 0.481 e. The Labute approximate surface area is 117 Å². The van der Waals surface area contributed by atoms with Gasteiger partial charge < -0.3 is 10.2 Å². The second kappa shape index (κ2) is 7.09.